The molecule has 1 saturated heterocycles. The zero-order valence-corrected chi connectivity index (χ0v) is 10.4. The molecule has 0 spiro atoms. The van der Waals surface area contributed by atoms with Gasteiger partial charge in [0.2, 0.25) is 0 Å². The summed E-state index contributed by atoms with van der Waals surface area (Å²) in [4.78, 5) is 2.56. The predicted octanol–water partition coefficient (Wildman–Crippen LogP) is 0.461. The highest BCUT2D eigenvalue weighted by Gasteiger charge is 2.49. The average Bonchev–Trinajstić information content (AvgIpc) is 2.67. The lowest BCUT2D eigenvalue weighted by Crippen LogP contribution is -2.63. The molecule has 1 saturated carbocycles. The number of methoxy groups -OCH3 is 2. The predicted molar refractivity (Wildman–Crippen MR) is 63.4 cm³/mol. The highest BCUT2D eigenvalue weighted by atomic mass is 16.5. The Morgan fingerprint density at radius 3 is 2.69 bits per heavy atom. The van der Waals surface area contributed by atoms with Crippen LogP contribution in [0.5, 0.6) is 0 Å². The topological polar surface area (TPSA) is 47.7 Å². The number of hydrogen-bond acceptors (Lipinski definition) is 4. The maximum absolute atomic E-state index is 5.96. The van der Waals surface area contributed by atoms with Crippen LogP contribution >= 0.6 is 0 Å². The van der Waals surface area contributed by atoms with Crippen molar-refractivity contribution in [2.45, 2.75) is 30.9 Å². The average molecular weight is 228 g/mol. The molecule has 2 N–H and O–H groups in total. The molecule has 94 valence electrons. The molecule has 0 bridgehead atoms. The normalized spacial score (nSPS) is 39.9. The van der Waals surface area contributed by atoms with Crippen LogP contribution in [0.2, 0.25) is 0 Å². The molecule has 1 heterocycles. The molecule has 0 aromatic rings. The Morgan fingerprint density at radius 1 is 1.38 bits per heavy atom. The molecule has 0 amide bonds. The maximum atomic E-state index is 5.96. The first kappa shape index (κ1) is 12.3. The van der Waals surface area contributed by atoms with Crippen molar-refractivity contribution in [1.29, 1.82) is 0 Å². The van der Waals surface area contributed by atoms with Gasteiger partial charge in [0.1, 0.15) is 0 Å². The number of nitrogens with zero attached hydrogens (tertiary/aromatic N) is 1. The lowest BCUT2D eigenvalue weighted by Gasteiger charge is -2.52. The number of hydrogen-bond donors (Lipinski definition) is 1. The summed E-state index contributed by atoms with van der Waals surface area (Å²) in [7, 11) is 3.58. The molecular formula is C12H24N2O2. The Labute approximate surface area is 98.1 Å². The van der Waals surface area contributed by atoms with Crippen LogP contribution in [0.15, 0.2) is 0 Å². The fourth-order valence-corrected chi connectivity index (χ4v) is 3.14. The van der Waals surface area contributed by atoms with Crippen LogP contribution < -0.4 is 5.73 Å². The van der Waals surface area contributed by atoms with Crippen LogP contribution in [0.1, 0.15) is 19.3 Å². The third-order valence-corrected chi connectivity index (χ3v) is 4.29. The summed E-state index contributed by atoms with van der Waals surface area (Å²) in [5, 5.41) is 0. The van der Waals surface area contributed by atoms with Crippen molar-refractivity contribution in [3.63, 3.8) is 0 Å². The Bertz CT molecular complexity index is 229. The molecule has 1 aliphatic carbocycles. The van der Waals surface area contributed by atoms with Gasteiger partial charge in [-0.3, -0.25) is 4.90 Å². The number of rotatable bonds is 5. The zero-order chi connectivity index (χ0) is 11.6. The molecule has 2 rings (SSSR count). The Hall–Kier alpha value is -0.160. The molecule has 0 radical (unpaired) electrons. The molecule has 1 unspecified atom stereocenters. The first-order chi connectivity index (χ1) is 7.74. The van der Waals surface area contributed by atoms with E-state index in [0.29, 0.717) is 12.0 Å². The standard InChI is InChI=1S/C12H24N2O2/c1-15-8-10-3-4-14(7-10)12(9-13)5-11(6-12)16-2/h10-11H,3-9,13H2,1-2H3. The van der Waals surface area contributed by atoms with Gasteiger partial charge in [0.05, 0.1) is 12.7 Å². The molecule has 16 heavy (non-hydrogen) atoms. The van der Waals surface area contributed by atoms with E-state index in [1.165, 1.54) is 13.0 Å². The first-order valence-corrected chi connectivity index (χ1v) is 6.21. The van der Waals surface area contributed by atoms with Gasteiger partial charge in [-0.15, -0.1) is 0 Å². The molecule has 1 aliphatic heterocycles. The second-order valence-corrected chi connectivity index (χ2v) is 5.25. The zero-order valence-electron chi connectivity index (χ0n) is 10.4. The fraction of sp³-hybridized carbons (Fsp3) is 1.00. The van der Waals surface area contributed by atoms with Gasteiger partial charge in [-0.05, 0) is 31.7 Å². The van der Waals surface area contributed by atoms with Gasteiger partial charge < -0.3 is 15.2 Å². The van der Waals surface area contributed by atoms with Crippen LogP contribution in [0.3, 0.4) is 0 Å². The third kappa shape index (κ3) is 2.12. The van der Waals surface area contributed by atoms with Crippen molar-refractivity contribution in [1.82, 2.24) is 4.90 Å². The van der Waals surface area contributed by atoms with Crippen molar-refractivity contribution in [3.8, 4) is 0 Å². The summed E-state index contributed by atoms with van der Waals surface area (Å²) in [6.45, 7) is 3.94. The molecule has 2 fully saturated rings. The maximum Gasteiger partial charge on any atom is 0.0607 e. The largest absolute Gasteiger partial charge is 0.384 e. The highest BCUT2D eigenvalue weighted by Crippen LogP contribution is 2.41. The van der Waals surface area contributed by atoms with Crippen molar-refractivity contribution in [2.24, 2.45) is 11.7 Å². The van der Waals surface area contributed by atoms with Gasteiger partial charge in [0, 0.05) is 32.8 Å². The van der Waals surface area contributed by atoms with Crippen molar-refractivity contribution < 1.29 is 9.47 Å². The van der Waals surface area contributed by atoms with Crippen molar-refractivity contribution in [3.05, 3.63) is 0 Å². The Morgan fingerprint density at radius 2 is 2.12 bits per heavy atom. The van der Waals surface area contributed by atoms with Gasteiger partial charge in [0.15, 0.2) is 0 Å². The fourth-order valence-electron chi connectivity index (χ4n) is 3.14. The monoisotopic (exact) mass is 228 g/mol. The quantitative estimate of drug-likeness (QED) is 0.743. The molecule has 2 aliphatic rings. The molecule has 0 aromatic heterocycles. The Balaban J connectivity index is 1.87. The molecular weight excluding hydrogens is 204 g/mol. The van der Waals surface area contributed by atoms with E-state index in [0.717, 1.165) is 32.5 Å². The van der Waals surface area contributed by atoms with Gasteiger partial charge in [0.25, 0.3) is 0 Å². The summed E-state index contributed by atoms with van der Waals surface area (Å²) in [5.41, 5.74) is 6.18. The number of ether oxygens (including phenoxy) is 2. The van der Waals surface area contributed by atoms with Crippen LogP contribution in [0, 0.1) is 5.92 Å². The van der Waals surface area contributed by atoms with Gasteiger partial charge in [-0.1, -0.05) is 0 Å². The van der Waals surface area contributed by atoms with Crippen LogP contribution in [-0.2, 0) is 9.47 Å². The molecule has 1 atom stereocenters. The number of nitrogens with two attached hydrogens (primary N) is 1. The summed E-state index contributed by atoms with van der Waals surface area (Å²) >= 11 is 0. The van der Waals surface area contributed by atoms with E-state index in [2.05, 4.69) is 4.90 Å². The van der Waals surface area contributed by atoms with E-state index < -0.39 is 0 Å². The van der Waals surface area contributed by atoms with E-state index >= 15 is 0 Å². The molecule has 4 nitrogen and oxygen atoms in total. The van der Waals surface area contributed by atoms with Crippen LogP contribution in [0.4, 0.5) is 0 Å². The Kier molecular flexibility index (Phi) is 3.85. The first-order valence-electron chi connectivity index (χ1n) is 6.21. The van der Waals surface area contributed by atoms with E-state index in [4.69, 9.17) is 15.2 Å². The minimum Gasteiger partial charge on any atom is -0.384 e. The summed E-state index contributed by atoms with van der Waals surface area (Å²) in [5.74, 6) is 0.690. The lowest BCUT2D eigenvalue weighted by molar-refractivity contribution is -0.0810. The minimum atomic E-state index is 0.225. The minimum absolute atomic E-state index is 0.225. The van der Waals surface area contributed by atoms with Gasteiger partial charge in [-0.2, -0.15) is 0 Å². The summed E-state index contributed by atoms with van der Waals surface area (Å²) < 4.78 is 10.6. The summed E-state index contributed by atoms with van der Waals surface area (Å²) in [6.07, 6.45) is 3.86. The summed E-state index contributed by atoms with van der Waals surface area (Å²) in [6, 6.07) is 0. The second kappa shape index (κ2) is 5.00. The third-order valence-electron chi connectivity index (χ3n) is 4.29. The lowest BCUT2D eigenvalue weighted by atomic mass is 9.73. The smallest absolute Gasteiger partial charge is 0.0607 e. The van der Waals surface area contributed by atoms with E-state index in [1.807, 2.05) is 0 Å². The van der Waals surface area contributed by atoms with Gasteiger partial charge in [-0.25, -0.2) is 0 Å². The van der Waals surface area contributed by atoms with Crippen molar-refractivity contribution in [2.75, 3.05) is 40.5 Å². The van der Waals surface area contributed by atoms with Crippen LogP contribution in [-0.4, -0.2) is 57.0 Å². The molecule has 0 aromatic carbocycles. The second-order valence-electron chi connectivity index (χ2n) is 5.25. The van der Waals surface area contributed by atoms with E-state index in [-0.39, 0.29) is 5.54 Å². The van der Waals surface area contributed by atoms with Gasteiger partial charge >= 0.3 is 0 Å². The number of likely N-dealkylation sites (tertiary alicyclic amines) is 1. The molecule has 4 heteroatoms. The van der Waals surface area contributed by atoms with E-state index in [1.54, 1.807) is 14.2 Å². The van der Waals surface area contributed by atoms with Crippen LogP contribution in [0.25, 0.3) is 0 Å². The highest BCUT2D eigenvalue weighted by molar-refractivity contribution is 5.06. The van der Waals surface area contributed by atoms with Crippen molar-refractivity contribution >= 4 is 0 Å². The van der Waals surface area contributed by atoms with E-state index in [9.17, 15) is 0 Å². The SMILES string of the molecule is COCC1CCN(C2(CN)CC(OC)C2)C1.